The van der Waals surface area contributed by atoms with Gasteiger partial charge in [-0.3, -0.25) is 4.79 Å². The third kappa shape index (κ3) is 6.30. The van der Waals surface area contributed by atoms with Crippen LogP contribution in [0, 0.1) is 13.8 Å². The molecule has 1 amide bonds. The smallest absolute Gasteiger partial charge is 0.224 e. The Bertz CT molecular complexity index is 419. The summed E-state index contributed by atoms with van der Waals surface area (Å²) in [6.07, 6.45) is 3.89. The molecule has 0 aliphatic rings. The molecule has 21 heavy (non-hydrogen) atoms. The number of hydrogen-bond acceptors (Lipinski definition) is 2. The Balaban J connectivity index is 2.26. The van der Waals surface area contributed by atoms with E-state index in [1.165, 1.54) is 6.42 Å². The molecule has 0 atom stereocenters. The van der Waals surface area contributed by atoms with Crippen molar-refractivity contribution in [3.05, 3.63) is 29.3 Å². The average molecular weight is 290 g/mol. The van der Waals surface area contributed by atoms with Crippen molar-refractivity contribution < 1.29 is 4.79 Å². The molecule has 0 fully saturated rings. The van der Waals surface area contributed by atoms with Crippen LogP contribution in [0.4, 0.5) is 5.69 Å². The number of unbranched alkanes of at least 4 members (excludes halogenated alkanes) is 2. The minimum absolute atomic E-state index is 0.134. The molecule has 0 saturated heterocycles. The summed E-state index contributed by atoms with van der Waals surface area (Å²) in [4.78, 5) is 14.4. The summed E-state index contributed by atoms with van der Waals surface area (Å²) in [5, 5.41) is 3.05. The Morgan fingerprint density at radius 3 is 2.24 bits per heavy atom. The molecule has 0 aliphatic heterocycles. The summed E-state index contributed by atoms with van der Waals surface area (Å²) < 4.78 is 0. The Morgan fingerprint density at radius 1 is 1.05 bits per heavy atom. The van der Waals surface area contributed by atoms with Crippen LogP contribution in [0.25, 0.3) is 0 Å². The Morgan fingerprint density at radius 2 is 1.67 bits per heavy atom. The summed E-state index contributed by atoms with van der Waals surface area (Å²) in [6.45, 7) is 11.8. The molecule has 118 valence electrons. The van der Waals surface area contributed by atoms with Crippen molar-refractivity contribution in [3.63, 3.8) is 0 Å². The van der Waals surface area contributed by atoms with E-state index in [2.05, 4.69) is 24.1 Å². The molecule has 3 heteroatoms. The summed E-state index contributed by atoms with van der Waals surface area (Å²) >= 11 is 0. The Kier molecular flexibility index (Phi) is 8.06. The molecule has 1 rings (SSSR count). The van der Waals surface area contributed by atoms with Gasteiger partial charge in [-0.05, 0) is 57.5 Å². The predicted octanol–water partition coefficient (Wildman–Crippen LogP) is 4.14. The highest BCUT2D eigenvalue weighted by Gasteiger charge is 2.07. The first-order chi connectivity index (χ1) is 10.1. The van der Waals surface area contributed by atoms with Crippen LogP contribution in [0.3, 0.4) is 0 Å². The fourth-order valence-electron chi connectivity index (χ4n) is 2.55. The lowest BCUT2D eigenvalue weighted by molar-refractivity contribution is -0.116. The van der Waals surface area contributed by atoms with E-state index < -0.39 is 0 Å². The topological polar surface area (TPSA) is 32.3 Å². The number of carbonyl (C=O) groups is 1. The zero-order valence-corrected chi connectivity index (χ0v) is 14.0. The summed E-state index contributed by atoms with van der Waals surface area (Å²) in [7, 11) is 0. The summed E-state index contributed by atoms with van der Waals surface area (Å²) in [5.41, 5.74) is 3.24. The highest BCUT2D eigenvalue weighted by molar-refractivity contribution is 5.92. The average Bonchev–Trinajstić information content (AvgIpc) is 2.47. The third-order valence-electron chi connectivity index (χ3n) is 4.02. The number of para-hydroxylation sites is 1. The van der Waals surface area contributed by atoms with Gasteiger partial charge in [-0.25, -0.2) is 0 Å². The number of aryl methyl sites for hydroxylation is 2. The highest BCUT2D eigenvalue weighted by Crippen LogP contribution is 2.19. The van der Waals surface area contributed by atoms with Gasteiger partial charge in [0.1, 0.15) is 0 Å². The number of amides is 1. The number of nitrogens with zero attached hydrogens (tertiary/aromatic N) is 1. The van der Waals surface area contributed by atoms with Crippen molar-refractivity contribution in [1.82, 2.24) is 4.90 Å². The fourth-order valence-corrected chi connectivity index (χ4v) is 2.55. The van der Waals surface area contributed by atoms with Crippen molar-refractivity contribution in [2.75, 3.05) is 25.0 Å². The fraction of sp³-hybridized carbons (Fsp3) is 0.611. The van der Waals surface area contributed by atoms with Gasteiger partial charge in [-0.15, -0.1) is 0 Å². The molecule has 0 radical (unpaired) electrons. The molecule has 0 aromatic heterocycles. The van der Waals surface area contributed by atoms with E-state index in [1.807, 2.05) is 32.0 Å². The molecule has 0 heterocycles. The molecule has 0 bridgehead atoms. The lowest BCUT2D eigenvalue weighted by Gasteiger charge is -2.17. The van der Waals surface area contributed by atoms with Gasteiger partial charge >= 0.3 is 0 Å². The molecule has 0 unspecified atom stereocenters. The van der Waals surface area contributed by atoms with E-state index in [1.54, 1.807) is 0 Å². The second-order valence-corrected chi connectivity index (χ2v) is 5.65. The van der Waals surface area contributed by atoms with E-state index in [9.17, 15) is 4.79 Å². The van der Waals surface area contributed by atoms with E-state index >= 15 is 0 Å². The van der Waals surface area contributed by atoms with Gasteiger partial charge in [0.15, 0.2) is 0 Å². The Hall–Kier alpha value is -1.35. The molecular weight excluding hydrogens is 260 g/mol. The Labute approximate surface area is 129 Å². The van der Waals surface area contributed by atoms with Gasteiger partial charge in [0, 0.05) is 12.1 Å². The van der Waals surface area contributed by atoms with Crippen molar-refractivity contribution >= 4 is 11.6 Å². The van der Waals surface area contributed by atoms with Crippen molar-refractivity contribution in [1.29, 1.82) is 0 Å². The van der Waals surface area contributed by atoms with Crippen molar-refractivity contribution in [3.8, 4) is 0 Å². The molecule has 3 nitrogen and oxygen atoms in total. The van der Waals surface area contributed by atoms with Crippen LogP contribution in [-0.2, 0) is 4.79 Å². The number of anilines is 1. The van der Waals surface area contributed by atoms with Gasteiger partial charge in [-0.1, -0.05) is 38.5 Å². The first-order valence-corrected chi connectivity index (χ1v) is 8.16. The SMILES string of the molecule is CCN(CC)CCCCCC(=O)Nc1c(C)cccc1C. The van der Waals surface area contributed by atoms with Crippen LogP contribution in [0.5, 0.6) is 0 Å². The second kappa shape index (κ2) is 9.56. The third-order valence-corrected chi connectivity index (χ3v) is 4.02. The zero-order valence-electron chi connectivity index (χ0n) is 14.0. The van der Waals surface area contributed by atoms with Gasteiger partial charge in [0.05, 0.1) is 0 Å². The van der Waals surface area contributed by atoms with E-state index in [0.29, 0.717) is 6.42 Å². The first-order valence-electron chi connectivity index (χ1n) is 8.16. The van der Waals surface area contributed by atoms with E-state index in [4.69, 9.17) is 0 Å². The zero-order chi connectivity index (χ0) is 15.7. The molecule has 1 aromatic rings. The minimum Gasteiger partial charge on any atom is -0.326 e. The monoisotopic (exact) mass is 290 g/mol. The number of rotatable bonds is 9. The standard InChI is InChI=1S/C18H30N2O/c1-5-20(6-2)14-9-7-8-13-17(21)19-18-15(3)11-10-12-16(18)4/h10-12H,5-9,13-14H2,1-4H3,(H,19,21). The lowest BCUT2D eigenvalue weighted by atomic mass is 10.1. The minimum atomic E-state index is 0.134. The van der Waals surface area contributed by atoms with Crippen LogP contribution in [-0.4, -0.2) is 30.4 Å². The van der Waals surface area contributed by atoms with Crippen LogP contribution >= 0.6 is 0 Å². The van der Waals surface area contributed by atoms with Crippen LogP contribution < -0.4 is 5.32 Å². The molecule has 0 saturated carbocycles. The maximum atomic E-state index is 12.0. The van der Waals surface area contributed by atoms with Gasteiger partial charge in [-0.2, -0.15) is 0 Å². The summed E-state index contributed by atoms with van der Waals surface area (Å²) in [5.74, 6) is 0.134. The lowest BCUT2D eigenvalue weighted by Crippen LogP contribution is -2.23. The van der Waals surface area contributed by atoms with Crippen LogP contribution in [0.1, 0.15) is 50.7 Å². The highest BCUT2D eigenvalue weighted by atomic mass is 16.1. The first kappa shape index (κ1) is 17.7. The number of benzene rings is 1. The number of hydrogen-bond donors (Lipinski definition) is 1. The predicted molar refractivity (Wildman–Crippen MR) is 90.8 cm³/mol. The van der Waals surface area contributed by atoms with Crippen molar-refractivity contribution in [2.24, 2.45) is 0 Å². The number of carbonyl (C=O) groups excluding carboxylic acids is 1. The summed E-state index contributed by atoms with van der Waals surface area (Å²) in [6, 6.07) is 6.09. The molecule has 1 aromatic carbocycles. The molecule has 1 N–H and O–H groups in total. The second-order valence-electron chi connectivity index (χ2n) is 5.65. The maximum Gasteiger partial charge on any atom is 0.224 e. The molecule has 0 spiro atoms. The quantitative estimate of drug-likeness (QED) is 0.693. The normalized spacial score (nSPS) is 10.9. The van der Waals surface area contributed by atoms with Gasteiger partial charge < -0.3 is 10.2 Å². The van der Waals surface area contributed by atoms with Gasteiger partial charge in [0.2, 0.25) is 5.91 Å². The van der Waals surface area contributed by atoms with Crippen LogP contribution in [0.15, 0.2) is 18.2 Å². The van der Waals surface area contributed by atoms with E-state index in [0.717, 1.165) is 49.3 Å². The number of nitrogens with one attached hydrogen (secondary N) is 1. The van der Waals surface area contributed by atoms with Gasteiger partial charge in [0.25, 0.3) is 0 Å². The van der Waals surface area contributed by atoms with Crippen LogP contribution in [0.2, 0.25) is 0 Å². The van der Waals surface area contributed by atoms with E-state index in [-0.39, 0.29) is 5.91 Å². The van der Waals surface area contributed by atoms with Crippen molar-refractivity contribution in [2.45, 2.75) is 53.4 Å². The molecule has 0 aliphatic carbocycles. The molecular formula is C18H30N2O. The maximum absolute atomic E-state index is 12.0. The largest absolute Gasteiger partial charge is 0.326 e.